The topological polar surface area (TPSA) is 87.7 Å². The van der Waals surface area contributed by atoms with Gasteiger partial charge in [0.1, 0.15) is 12.1 Å². The van der Waals surface area contributed by atoms with Gasteiger partial charge in [-0.15, -0.1) is 0 Å². The first-order valence-electron chi connectivity index (χ1n) is 9.85. The highest BCUT2D eigenvalue weighted by Crippen LogP contribution is 2.24. The Hall–Kier alpha value is -2.96. The molecule has 2 aromatic carbocycles. The van der Waals surface area contributed by atoms with Gasteiger partial charge in [-0.2, -0.15) is 0 Å². The third-order valence-electron chi connectivity index (χ3n) is 4.95. The number of carbonyl (C=O) groups is 2. The average molecular weight is 394 g/mol. The van der Waals surface area contributed by atoms with E-state index in [9.17, 15) is 9.59 Å². The van der Waals surface area contributed by atoms with Crippen molar-refractivity contribution >= 4 is 18.0 Å². The van der Waals surface area contributed by atoms with Crippen molar-refractivity contribution in [3.05, 3.63) is 77.4 Å². The van der Waals surface area contributed by atoms with E-state index in [1.807, 2.05) is 54.6 Å². The molecule has 0 aromatic heterocycles. The van der Waals surface area contributed by atoms with Gasteiger partial charge in [0.15, 0.2) is 0 Å². The molecular formula is C23H26N2O4. The normalized spacial score (nSPS) is 15.3. The maximum atomic E-state index is 12.8. The number of hydroxylamine groups is 1. The molecule has 1 fully saturated rings. The summed E-state index contributed by atoms with van der Waals surface area (Å²) < 4.78 is 5.74. The van der Waals surface area contributed by atoms with Crippen molar-refractivity contribution in [3.8, 4) is 0 Å². The van der Waals surface area contributed by atoms with Gasteiger partial charge >= 0.3 is 5.97 Å². The summed E-state index contributed by atoms with van der Waals surface area (Å²) in [7, 11) is 0. The van der Waals surface area contributed by atoms with Crippen molar-refractivity contribution in [2.75, 3.05) is 0 Å². The van der Waals surface area contributed by atoms with Crippen LogP contribution in [-0.2, 0) is 20.9 Å². The van der Waals surface area contributed by atoms with Crippen molar-refractivity contribution in [2.45, 2.75) is 44.4 Å². The SMILES string of the molecule is O=C(/C=C/c1cccc(CN[C@H](C(=O)OC2CCCC2)c2ccccc2)c1)NO. The number of rotatable bonds is 8. The predicted molar refractivity (Wildman–Crippen MR) is 110 cm³/mol. The highest BCUT2D eigenvalue weighted by atomic mass is 16.5. The summed E-state index contributed by atoms with van der Waals surface area (Å²) in [6, 6.07) is 16.6. The van der Waals surface area contributed by atoms with Gasteiger partial charge in [-0.25, -0.2) is 10.3 Å². The van der Waals surface area contributed by atoms with Crippen LogP contribution >= 0.6 is 0 Å². The lowest BCUT2D eigenvalue weighted by molar-refractivity contribution is -0.151. The zero-order chi connectivity index (χ0) is 20.5. The lowest BCUT2D eigenvalue weighted by atomic mass is 10.1. The van der Waals surface area contributed by atoms with Crippen molar-refractivity contribution < 1.29 is 19.5 Å². The van der Waals surface area contributed by atoms with Gasteiger partial charge in [0.2, 0.25) is 0 Å². The number of esters is 1. The molecule has 0 heterocycles. The summed E-state index contributed by atoms with van der Waals surface area (Å²) in [6.07, 6.45) is 6.95. The van der Waals surface area contributed by atoms with Gasteiger partial charge in [0, 0.05) is 12.6 Å². The fourth-order valence-corrected chi connectivity index (χ4v) is 3.46. The van der Waals surface area contributed by atoms with E-state index in [1.54, 1.807) is 11.6 Å². The van der Waals surface area contributed by atoms with Crippen LogP contribution in [0, 0.1) is 0 Å². The van der Waals surface area contributed by atoms with Gasteiger partial charge in [0.05, 0.1) is 0 Å². The average Bonchev–Trinajstić information content (AvgIpc) is 3.26. The first-order valence-corrected chi connectivity index (χ1v) is 9.85. The van der Waals surface area contributed by atoms with Crippen LogP contribution in [0.4, 0.5) is 0 Å². The van der Waals surface area contributed by atoms with Gasteiger partial charge in [-0.3, -0.25) is 15.3 Å². The van der Waals surface area contributed by atoms with Crippen molar-refractivity contribution in [1.82, 2.24) is 10.8 Å². The number of amides is 1. The maximum absolute atomic E-state index is 12.8. The van der Waals surface area contributed by atoms with E-state index in [-0.39, 0.29) is 12.1 Å². The summed E-state index contributed by atoms with van der Waals surface area (Å²) in [4.78, 5) is 24.0. The summed E-state index contributed by atoms with van der Waals surface area (Å²) in [5.41, 5.74) is 4.21. The van der Waals surface area contributed by atoms with Crippen molar-refractivity contribution in [2.24, 2.45) is 0 Å². The highest BCUT2D eigenvalue weighted by Gasteiger charge is 2.26. The Kier molecular flexibility index (Phi) is 7.55. The van der Waals surface area contributed by atoms with Crippen LogP contribution in [0.15, 0.2) is 60.7 Å². The minimum atomic E-state index is -0.590. The quantitative estimate of drug-likeness (QED) is 0.276. The van der Waals surface area contributed by atoms with Crippen LogP contribution < -0.4 is 10.8 Å². The van der Waals surface area contributed by atoms with E-state index in [4.69, 9.17) is 9.94 Å². The molecule has 2 aromatic rings. The molecule has 0 aliphatic heterocycles. The first-order chi connectivity index (χ1) is 14.2. The van der Waals surface area contributed by atoms with Crippen LogP contribution in [0.1, 0.15) is 48.4 Å². The van der Waals surface area contributed by atoms with E-state index in [1.165, 1.54) is 6.08 Å². The molecule has 1 saturated carbocycles. The van der Waals surface area contributed by atoms with Gasteiger partial charge in [-0.1, -0.05) is 54.6 Å². The third-order valence-corrected chi connectivity index (χ3v) is 4.95. The smallest absolute Gasteiger partial charge is 0.328 e. The van der Waals surface area contributed by atoms with E-state index in [0.29, 0.717) is 6.54 Å². The van der Waals surface area contributed by atoms with Crippen LogP contribution in [-0.4, -0.2) is 23.2 Å². The third kappa shape index (κ3) is 6.27. The summed E-state index contributed by atoms with van der Waals surface area (Å²) >= 11 is 0. The van der Waals surface area contributed by atoms with E-state index in [2.05, 4.69) is 5.32 Å². The zero-order valence-electron chi connectivity index (χ0n) is 16.2. The van der Waals surface area contributed by atoms with Crippen LogP contribution in [0.25, 0.3) is 6.08 Å². The number of hydrogen-bond acceptors (Lipinski definition) is 5. The van der Waals surface area contributed by atoms with Crippen molar-refractivity contribution in [3.63, 3.8) is 0 Å². The molecule has 0 radical (unpaired) electrons. The predicted octanol–water partition coefficient (Wildman–Crippen LogP) is 3.52. The molecular weight excluding hydrogens is 368 g/mol. The Balaban J connectivity index is 1.69. The fourth-order valence-electron chi connectivity index (χ4n) is 3.46. The Bertz CT molecular complexity index is 845. The molecule has 3 rings (SSSR count). The Morgan fingerprint density at radius 2 is 1.86 bits per heavy atom. The van der Waals surface area contributed by atoms with Gasteiger partial charge < -0.3 is 4.74 Å². The number of benzene rings is 2. The molecule has 0 bridgehead atoms. The van der Waals surface area contributed by atoms with Crippen molar-refractivity contribution in [1.29, 1.82) is 0 Å². The first kappa shape index (κ1) is 20.8. The lowest BCUT2D eigenvalue weighted by Crippen LogP contribution is -2.32. The molecule has 3 N–H and O–H groups in total. The number of ether oxygens (including phenoxy) is 1. The summed E-state index contributed by atoms with van der Waals surface area (Å²) in [6.45, 7) is 0.465. The largest absolute Gasteiger partial charge is 0.461 e. The lowest BCUT2D eigenvalue weighted by Gasteiger charge is -2.21. The highest BCUT2D eigenvalue weighted by molar-refractivity contribution is 5.90. The molecule has 0 saturated heterocycles. The molecule has 6 heteroatoms. The standard InChI is InChI=1S/C23H26N2O4/c26-21(25-28)14-13-17-7-6-8-18(15-17)16-24-22(19-9-2-1-3-10-19)23(27)29-20-11-4-5-12-20/h1-3,6-10,13-15,20,22,24,28H,4-5,11-12,16H2,(H,25,26)/b14-13+/t22-/m0/s1. The number of nitrogens with one attached hydrogen (secondary N) is 2. The Labute approximate surface area is 170 Å². The van der Waals surface area contributed by atoms with Crippen LogP contribution in [0.2, 0.25) is 0 Å². The molecule has 152 valence electrons. The van der Waals surface area contributed by atoms with Crippen LogP contribution in [0.3, 0.4) is 0 Å². The summed E-state index contributed by atoms with van der Waals surface area (Å²) in [5, 5.41) is 11.9. The maximum Gasteiger partial charge on any atom is 0.328 e. The van der Waals surface area contributed by atoms with Gasteiger partial charge in [-0.05, 0) is 48.4 Å². The van der Waals surface area contributed by atoms with Crippen LogP contribution in [0.5, 0.6) is 0 Å². The second-order valence-electron chi connectivity index (χ2n) is 7.12. The number of carbonyl (C=O) groups excluding carboxylic acids is 2. The van der Waals surface area contributed by atoms with Gasteiger partial charge in [0.25, 0.3) is 5.91 Å². The Morgan fingerprint density at radius 1 is 1.10 bits per heavy atom. The molecule has 1 atom stereocenters. The number of hydrogen-bond donors (Lipinski definition) is 3. The van der Waals surface area contributed by atoms with E-state index in [0.717, 1.165) is 42.4 Å². The second-order valence-corrected chi connectivity index (χ2v) is 7.12. The molecule has 1 aliphatic carbocycles. The molecule has 29 heavy (non-hydrogen) atoms. The van der Waals surface area contributed by atoms with E-state index < -0.39 is 11.9 Å². The minimum absolute atomic E-state index is 0.0154. The molecule has 6 nitrogen and oxygen atoms in total. The minimum Gasteiger partial charge on any atom is -0.461 e. The zero-order valence-corrected chi connectivity index (χ0v) is 16.2. The monoisotopic (exact) mass is 394 g/mol. The second kappa shape index (κ2) is 10.5. The summed E-state index contributed by atoms with van der Waals surface area (Å²) in [5.74, 6) is -0.842. The van der Waals surface area contributed by atoms with E-state index >= 15 is 0 Å². The molecule has 1 amide bonds. The molecule has 0 unspecified atom stereocenters. The fraction of sp³-hybridized carbons (Fsp3) is 0.304. The molecule has 1 aliphatic rings. The molecule has 0 spiro atoms. The Morgan fingerprint density at radius 3 is 2.59 bits per heavy atom.